The summed E-state index contributed by atoms with van der Waals surface area (Å²) in [6, 6.07) is 21.7. The highest BCUT2D eigenvalue weighted by atomic mass is 19.1. The number of allylic oxidation sites excluding steroid dienone is 1. The molecule has 1 aliphatic rings. The summed E-state index contributed by atoms with van der Waals surface area (Å²) in [4.78, 5) is 18.1. The van der Waals surface area contributed by atoms with Crippen LogP contribution in [0.25, 0.3) is 22.6 Å². The Kier molecular flexibility index (Phi) is 5.61. The second-order valence-corrected chi connectivity index (χ2v) is 7.94. The molecule has 0 spiro atoms. The number of fused-ring (bicyclic) bond motifs is 2. The molecule has 0 unspecified atom stereocenters. The predicted octanol–water partition coefficient (Wildman–Crippen LogP) is 6.23. The van der Waals surface area contributed by atoms with Crippen LogP contribution in [-0.2, 0) is 17.8 Å². The fourth-order valence-electron chi connectivity index (χ4n) is 4.24. The van der Waals surface area contributed by atoms with Gasteiger partial charge in [-0.2, -0.15) is 0 Å². The number of hydrogen-bond donors (Lipinski definition) is 0. The molecule has 5 rings (SSSR count). The van der Waals surface area contributed by atoms with Crippen LogP contribution >= 0.6 is 0 Å². The molecular formula is C28H22FNO3. The molecule has 0 bridgehead atoms. The van der Waals surface area contributed by atoms with Crippen LogP contribution in [0.2, 0.25) is 0 Å². The van der Waals surface area contributed by atoms with Crippen molar-refractivity contribution in [3.63, 3.8) is 0 Å². The Bertz CT molecular complexity index is 1380. The molecule has 0 N–H and O–H groups in total. The minimum atomic E-state index is -0.459. The first-order valence-corrected chi connectivity index (χ1v) is 10.8. The van der Waals surface area contributed by atoms with Gasteiger partial charge in [0.25, 0.3) is 0 Å². The molecule has 0 radical (unpaired) electrons. The summed E-state index contributed by atoms with van der Waals surface area (Å²) in [5.41, 5.74) is 5.42. The fourth-order valence-corrected chi connectivity index (χ4v) is 4.24. The van der Waals surface area contributed by atoms with Crippen LogP contribution in [0.1, 0.15) is 39.2 Å². The lowest BCUT2D eigenvalue weighted by Crippen LogP contribution is -2.11. The van der Waals surface area contributed by atoms with Crippen LogP contribution in [-0.4, -0.2) is 18.1 Å². The Morgan fingerprint density at radius 2 is 1.76 bits per heavy atom. The molecule has 4 aromatic rings. The van der Waals surface area contributed by atoms with E-state index in [2.05, 4.69) is 6.08 Å². The Morgan fingerprint density at radius 3 is 2.55 bits per heavy atom. The fraction of sp³-hybridized carbons (Fsp3) is 0.143. The topological polar surface area (TPSA) is 48.4 Å². The number of pyridine rings is 1. The van der Waals surface area contributed by atoms with Gasteiger partial charge < -0.3 is 9.47 Å². The maximum absolute atomic E-state index is 14.0. The van der Waals surface area contributed by atoms with Gasteiger partial charge in [0.15, 0.2) is 0 Å². The van der Waals surface area contributed by atoms with Crippen molar-refractivity contribution < 1.29 is 18.7 Å². The average Bonchev–Trinajstić information content (AvgIpc) is 3.24. The summed E-state index contributed by atoms with van der Waals surface area (Å²) in [6.45, 7) is -0.120. The first kappa shape index (κ1) is 20.9. The zero-order chi connectivity index (χ0) is 22.8. The summed E-state index contributed by atoms with van der Waals surface area (Å²) in [7, 11) is 1.64. The van der Waals surface area contributed by atoms with Crippen molar-refractivity contribution in [3.8, 4) is 5.75 Å². The van der Waals surface area contributed by atoms with Crippen LogP contribution in [0, 0.1) is 5.82 Å². The molecule has 0 atom stereocenters. The molecule has 0 saturated heterocycles. The number of halogens is 1. The van der Waals surface area contributed by atoms with Gasteiger partial charge in [-0.05, 0) is 59.9 Å². The molecule has 5 heteroatoms. The maximum atomic E-state index is 14.0. The number of carbonyl (C=O) groups excluding carboxylic acids is 1. The molecule has 1 aliphatic carbocycles. The summed E-state index contributed by atoms with van der Waals surface area (Å²) in [5.74, 6) is -0.0494. The van der Waals surface area contributed by atoms with Crippen molar-refractivity contribution in [2.24, 2.45) is 0 Å². The van der Waals surface area contributed by atoms with E-state index in [9.17, 15) is 9.18 Å². The third-order valence-electron chi connectivity index (χ3n) is 5.92. The van der Waals surface area contributed by atoms with Crippen LogP contribution in [0.5, 0.6) is 5.75 Å². The van der Waals surface area contributed by atoms with Gasteiger partial charge in [0.05, 0.1) is 23.9 Å². The number of nitrogens with zero attached hydrogens (tertiary/aromatic N) is 1. The van der Waals surface area contributed by atoms with E-state index < -0.39 is 5.97 Å². The average molecular weight is 439 g/mol. The maximum Gasteiger partial charge on any atom is 0.339 e. The highest BCUT2D eigenvalue weighted by molar-refractivity contribution is 6.07. The second-order valence-electron chi connectivity index (χ2n) is 7.94. The lowest BCUT2D eigenvalue weighted by Gasteiger charge is -2.13. The number of esters is 1. The summed E-state index contributed by atoms with van der Waals surface area (Å²) < 4.78 is 24.8. The molecule has 3 aromatic carbocycles. The van der Waals surface area contributed by atoms with Gasteiger partial charge in [0.1, 0.15) is 18.2 Å². The Balaban J connectivity index is 1.53. The van der Waals surface area contributed by atoms with Crippen molar-refractivity contribution in [1.29, 1.82) is 0 Å². The van der Waals surface area contributed by atoms with Crippen LogP contribution in [0.15, 0.2) is 72.8 Å². The molecule has 164 valence electrons. The summed E-state index contributed by atoms with van der Waals surface area (Å²) in [5, 5.41) is 0.750. The van der Waals surface area contributed by atoms with E-state index in [1.165, 1.54) is 6.07 Å². The molecule has 4 nitrogen and oxygen atoms in total. The number of methoxy groups -OCH3 is 1. The number of carbonyl (C=O) groups is 1. The lowest BCUT2D eigenvalue weighted by molar-refractivity contribution is 0.0470. The molecule has 33 heavy (non-hydrogen) atoms. The van der Waals surface area contributed by atoms with E-state index in [1.54, 1.807) is 25.3 Å². The van der Waals surface area contributed by atoms with E-state index >= 15 is 0 Å². The highest BCUT2D eigenvalue weighted by Crippen LogP contribution is 2.38. The normalized spacial score (nSPS) is 13.8. The van der Waals surface area contributed by atoms with Crippen molar-refractivity contribution in [2.45, 2.75) is 19.4 Å². The standard InChI is InChI=1S/C28H22FNO3/c1-32-21-13-10-18(11-14-21)16-19-12-15-23-26(22-7-3-5-9-25(22)30-27(19)23)28(31)33-17-20-6-2-4-8-24(20)29/h2-11,13-14,16H,12,15,17H2,1H3/b19-16+. The second kappa shape index (κ2) is 8.87. The van der Waals surface area contributed by atoms with Crippen molar-refractivity contribution >= 4 is 28.5 Å². The number of para-hydroxylation sites is 1. The third-order valence-corrected chi connectivity index (χ3v) is 5.92. The monoisotopic (exact) mass is 439 g/mol. The first-order chi connectivity index (χ1) is 16.1. The van der Waals surface area contributed by atoms with Crippen molar-refractivity contribution in [1.82, 2.24) is 4.98 Å². The Labute approximate surface area is 191 Å². The molecule has 1 heterocycles. The summed E-state index contributed by atoms with van der Waals surface area (Å²) in [6.07, 6.45) is 3.57. The first-order valence-electron chi connectivity index (χ1n) is 10.8. The van der Waals surface area contributed by atoms with E-state index in [1.807, 2.05) is 48.5 Å². The zero-order valence-corrected chi connectivity index (χ0v) is 18.2. The molecule has 0 fully saturated rings. The minimum Gasteiger partial charge on any atom is -0.497 e. The Hall–Kier alpha value is -3.99. The molecule has 0 aliphatic heterocycles. The quantitative estimate of drug-likeness (QED) is 0.346. The SMILES string of the molecule is COc1ccc(/C=C2\CCc3c2nc2ccccc2c3C(=O)OCc2ccccc2F)cc1. The largest absolute Gasteiger partial charge is 0.497 e. The number of ether oxygens (including phenoxy) is 2. The van der Waals surface area contributed by atoms with Gasteiger partial charge in [-0.3, -0.25) is 0 Å². The molecule has 1 aromatic heterocycles. The number of hydrogen-bond acceptors (Lipinski definition) is 4. The van der Waals surface area contributed by atoms with Gasteiger partial charge in [-0.15, -0.1) is 0 Å². The smallest absolute Gasteiger partial charge is 0.339 e. The molecule has 0 saturated carbocycles. The van der Waals surface area contributed by atoms with Crippen LogP contribution in [0.3, 0.4) is 0 Å². The van der Waals surface area contributed by atoms with Gasteiger partial charge in [-0.25, -0.2) is 14.2 Å². The Morgan fingerprint density at radius 1 is 1.00 bits per heavy atom. The van der Waals surface area contributed by atoms with Crippen molar-refractivity contribution in [2.75, 3.05) is 7.11 Å². The number of aromatic nitrogens is 1. The minimum absolute atomic E-state index is 0.120. The van der Waals surface area contributed by atoms with E-state index in [4.69, 9.17) is 14.5 Å². The molecular weight excluding hydrogens is 417 g/mol. The van der Waals surface area contributed by atoms with Gasteiger partial charge in [0.2, 0.25) is 0 Å². The van der Waals surface area contributed by atoms with Crippen molar-refractivity contribution in [3.05, 3.63) is 107 Å². The van der Waals surface area contributed by atoms with Crippen LogP contribution < -0.4 is 4.74 Å². The third kappa shape index (κ3) is 4.10. The zero-order valence-electron chi connectivity index (χ0n) is 18.2. The predicted molar refractivity (Wildman–Crippen MR) is 126 cm³/mol. The van der Waals surface area contributed by atoms with Crippen LogP contribution in [0.4, 0.5) is 4.39 Å². The van der Waals surface area contributed by atoms with E-state index in [0.29, 0.717) is 17.5 Å². The van der Waals surface area contributed by atoms with E-state index in [-0.39, 0.29) is 12.4 Å². The molecule has 0 amide bonds. The number of rotatable bonds is 5. The summed E-state index contributed by atoms with van der Waals surface area (Å²) >= 11 is 0. The lowest BCUT2D eigenvalue weighted by atomic mass is 10.0. The van der Waals surface area contributed by atoms with E-state index in [0.717, 1.165) is 45.5 Å². The number of benzene rings is 3. The van der Waals surface area contributed by atoms with Gasteiger partial charge in [-0.1, -0.05) is 48.5 Å². The van der Waals surface area contributed by atoms with Gasteiger partial charge in [0, 0.05) is 10.9 Å². The van der Waals surface area contributed by atoms with Gasteiger partial charge >= 0.3 is 5.97 Å². The highest BCUT2D eigenvalue weighted by Gasteiger charge is 2.27.